The molecule has 0 radical (unpaired) electrons. The van der Waals surface area contributed by atoms with Crippen molar-refractivity contribution in [3.8, 4) is 0 Å². The maximum absolute atomic E-state index is 12.3. The fourth-order valence-electron chi connectivity index (χ4n) is 3.07. The van der Waals surface area contributed by atoms with Crippen molar-refractivity contribution in [2.45, 2.75) is 37.9 Å². The zero-order valence-electron chi connectivity index (χ0n) is 14.7. The summed E-state index contributed by atoms with van der Waals surface area (Å²) < 4.78 is 0. The number of halogens is 1. The van der Waals surface area contributed by atoms with Gasteiger partial charge in [0.2, 0.25) is 5.91 Å². The largest absolute Gasteiger partial charge is 0.855 e. The Morgan fingerprint density at radius 2 is 2.00 bits per heavy atom. The number of carboxylic acid groups (broad SMARTS) is 1. The number of β-lactam (4-membered cyclic amide) rings is 1. The maximum atomic E-state index is 12.3. The fraction of sp³-hybridized carbons (Fsp3) is 0.389. The lowest BCUT2D eigenvalue weighted by Crippen LogP contribution is -2.72. The highest BCUT2D eigenvalue weighted by Crippen LogP contribution is 2.38. The molecule has 3 rings (SSSR count). The number of nitrogens with zero attached hydrogens (tertiary/aromatic N) is 1. The summed E-state index contributed by atoms with van der Waals surface area (Å²) in [4.78, 5) is 37.0. The monoisotopic (exact) mass is 394 g/mol. The van der Waals surface area contributed by atoms with E-state index < -0.39 is 35.9 Å². The molecule has 0 spiro atoms. The number of nitrogens with two attached hydrogens (primary N) is 1. The van der Waals surface area contributed by atoms with Gasteiger partial charge in [0.25, 0.3) is 5.91 Å². The molecule has 0 unspecified atom stereocenters. The molecule has 0 aromatic heterocycles. The summed E-state index contributed by atoms with van der Waals surface area (Å²) in [6, 6.07) is 6.74. The second kappa shape index (κ2) is 8.98. The van der Waals surface area contributed by atoms with Crippen molar-refractivity contribution in [3.63, 3.8) is 0 Å². The molecule has 1 aromatic rings. The molecule has 1 fully saturated rings. The summed E-state index contributed by atoms with van der Waals surface area (Å²) in [7, 11) is 0. The number of benzene rings is 1. The molecule has 2 amide bonds. The van der Waals surface area contributed by atoms with Crippen LogP contribution in [0, 0.1) is 0 Å². The molecule has 8 nitrogen and oxygen atoms in total. The van der Waals surface area contributed by atoms with Gasteiger partial charge in [0.05, 0.1) is 6.04 Å². The standard InChI is InChI=1S/C16H16ClN3O4.C2H5O/c17-9-6-7-10-12(15(22)20(10)13(9)16(23)24)19-14(21)11(18)8-4-2-1-3-5-8;1-2-3/h1-5,10-12H,6-7,18H2,(H,19,21)(H,23,24);2H2,1H3/q;-1/t10-,11-,12+;/m1./s1. The Bertz CT molecular complexity index is 753. The molecule has 9 heteroatoms. The molecule has 2 heterocycles. The summed E-state index contributed by atoms with van der Waals surface area (Å²) in [5.41, 5.74) is 6.35. The minimum absolute atomic E-state index is 0. The number of fused-ring (bicyclic) bond motifs is 1. The van der Waals surface area contributed by atoms with Crippen LogP contribution < -0.4 is 16.2 Å². The van der Waals surface area contributed by atoms with E-state index in [4.69, 9.17) is 22.4 Å². The third-order valence-corrected chi connectivity index (χ3v) is 4.69. The molecular weight excluding hydrogens is 374 g/mol. The lowest BCUT2D eigenvalue weighted by atomic mass is 9.86. The van der Waals surface area contributed by atoms with Crippen LogP contribution in [0.25, 0.3) is 0 Å². The van der Waals surface area contributed by atoms with Crippen LogP contribution in [0.15, 0.2) is 41.1 Å². The van der Waals surface area contributed by atoms with E-state index in [1.165, 1.54) is 0 Å². The number of allylic oxidation sites excluding steroid dienone is 1. The third kappa shape index (κ3) is 4.29. The number of rotatable bonds is 4. The van der Waals surface area contributed by atoms with E-state index in [1.807, 2.05) is 6.07 Å². The van der Waals surface area contributed by atoms with Crippen LogP contribution in [0.4, 0.5) is 0 Å². The van der Waals surface area contributed by atoms with Gasteiger partial charge in [-0.25, -0.2) is 4.79 Å². The summed E-state index contributed by atoms with van der Waals surface area (Å²) in [6.07, 6.45) is 0.849. The molecule has 1 saturated heterocycles. The Kier molecular flexibility index (Phi) is 6.95. The number of carboxylic acids is 1. The van der Waals surface area contributed by atoms with E-state index in [1.54, 1.807) is 31.2 Å². The quantitative estimate of drug-likeness (QED) is 0.618. The normalized spacial score (nSPS) is 22.1. The molecule has 3 atom stereocenters. The second-order valence-electron chi connectivity index (χ2n) is 6.04. The van der Waals surface area contributed by atoms with Crippen molar-refractivity contribution in [1.82, 2.24) is 10.2 Å². The van der Waals surface area contributed by atoms with Crippen LogP contribution in [-0.4, -0.2) is 46.5 Å². The molecule has 0 bridgehead atoms. The number of amides is 2. The van der Waals surface area contributed by atoms with Gasteiger partial charge >= 0.3 is 5.97 Å². The van der Waals surface area contributed by atoms with Crippen molar-refractivity contribution in [1.29, 1.82) is 0 Å². The SMILES string of the molecule is CC[O-].N[C@@H](C(=O)N[C@@H]1C(=O)N2C(C(=O)O)=C(Cl)CC[C@H]12)c1ccccc1. The van der Waals surface area contributed by atoms with Gasteiger partial charge in [0.1, 0.15) is 17.8 Å². The smallest absolute Gasteiger partial charge is 0.353 e. The molecule has 1 aromatic carbocycles. The van der Waals surface area contributed by atoms with E-state index in [2.05, 4.69) is 5.32 Å². The van der Waals surface area contributed by atoms with Gasteiger partial charge in [-0.3, -0.25) is 14.5 Å². The van der Waals surface area contributed by atoms with Crippen molar-refractivity contribution in [2.24, 2.45) is 5.73 Å². The number of hydrogen-bond acceptors (Lipinski definition) is 5. The van der Waals surface area contributed by atoms with E-state index in [9.17, 15) is 19.5 Å². The molecule has 2 aliphatic heterocycles. The van der Waals surface area contributed by atoms with Gasteiger partial charge in [0.15, 0.2) is 0 Å². The lowest BCUT2D eigenvalue weighted by Gasteiger charge is -2.49. The van der Waals surface area contributed by atoms with Crippen LogP contribution in [0.1, 0.15) is 31.4 Å². The van der Waals surface area contributed by atoms with E-state index in [0.717, 1.165) is 4.90 Å². The molecule has 0 saturated carbocycles. The topological polar surface area (TPSA) is 136 Å². The van der Waals surface area contributed by atoms with Crippen molar-refractivity contribution < 1.29 is 24.6 Å². The van der Waals surface area contributed by atoms with Crippen LogP contribution in [0.2, 0.25) is 0 Å². The first kappa shape index (κ1) is 20.9. The Labute approximate surface area is 161 Å². The van der Waals surface area contributed by atoms with Crippen LogP contribution in [0.3, 0.4) is 0 Å². The predicted molar refractivity (Wildman–Crippen MR) is 96.2 cm³/mol. The minimum Gasteiger partial charge on any atom is -0.855 e. The summed E-state index contributed by atoms with van der Waals surface area (Å²) in [5, 5.41) is 20.9. The Hall–Kier alpha value is -2.42. The molecule has 4 N–H and O–H groups in total. The third-order valence-electron chi connectivity index (χ3n) is 4.32. The maximum Gasteiger partial charge on any atom is 0.353 e. The van der Waals surface area contributed by atoms with Crippen LogP contribution in [-0.2, 0) is 14.4 Å². The zero-order chi connectivity index (χ0) is 20.1. The molecule has 27 heavy (non-hydrogen) atoms. The number of nitrogens with one attached hydrogen (secondary N) is 1. The van der Waals surface area contributed by atoms with Crippen molar-refractivity contribution in [3.05, 3.63) is 46.6 Å². The highest BCUT2D eigenvalue weighted by atomic mass is 35.5. The molecule has 146 valence electrons. The highest BCUT2D eigenvalue weighted by Gasteiger charge is 2.53. The van der Waals surface area contributed by atoms with Gasteiger partial charge in [-0.15, -0.1) is 6.61 Å². The first-order valence-electron chi connectivity index (χ1n) is 8.47. The number of hydrogen-bond donors (Lipinski definition) is 3. The first-order chi connectivity index (χ1) is 12.8. The summed E-state index contributed by atoms with van der Waals surface area (Å²) >= 11 is 5.92. The van der Waals surface area contributed by atoms with Crippen LogP contribution >= 0.6 is 11.6 Å². The number of aliphatic carboxylic acids is 1. The number of carbonyl (C=O) groups is 3. The first-order valence-corrected chi connectivity index (χ1v) is 8.85. The Morgan fingerprint density at radius 3 is 2.56 bits per heavy atom. The van der Waals surface area contributed by atoms with Crippen LogP contribution in [0.5, 0.6) is 0 Å². The summed E-state index contributed by atoms with van der Waals surface area (Å²) in [5.74, 6) is -2.20. The van der Waals surface area contributed by atoms with Gasteiger partial charge in [-0.2, -0.15) is 0 Å². The zero-order valence-corrected chi connectivity index (χ0v) is 15.5. The molecule has 0 aliphatic carbocycles. The minimum atomic E-state index is -1.25. The predicted octanol–water partition coefficient (Wildman–Crippen LogP) is 0.0774. The van der Waals surface area contributed by atoms with Gasteiger partial charge < -0.3 is 21.3 Å². The lowest BCUT2D eigenvalue weighted by molar-refractivity contribution is -0.361. The van der Waals surface area contributed by atoms with E-state index >= 15 is 0 Å². The average Bonchev–Trinajstić information content (AvgIpc) is 2.66. The summed E-state index contributed by atoms with van der Waals surface area (Å²) in [6.45, 7) is 1.57. The Morgan fingerprint density at radius 1 is 1.41 bits per heavy atom. The van der Waals surface area contributed by atoms with Gasteiger partial charge in [0, 0.05) is 5.03 Å². The molecule has 2 aliphatic rings. The number of carbonyl (C=O) groups excluding carboxylic acids is 2. The average molecular weight is 395 g/mol. The fourth-order valence-corrected chi connectivity index (χ4v) is 3.35. The van der Waals surface area contributed by atoms with Crippen molar-refractivity contribution in [2.75, 3.05) is 6.61 Å². The second-order valence-corrected chi connectivity index (χ2v) is 6.49. The van der Waals surface area contributed by atoms with Gasteiger partial charge in [-0.1, -0.05) is 48.9 Å². The van der Waals surface area contributed by atoms with Crippen molar-refractivity contribution >= 4 is 29.4 Å². The Balaban J connectivity index is 0.000000817. The molecular formula is C18H21ClN3O5-. The van der Waals surface area contributed by atoms with Gasteiger partial charge in [-0.05, 0) is 18.4 Å². The van der Waals surface area contributed by atoms with E-state index in [-0.39, 0.29) is 17.3 Å². The van der Waals surface area contributed by atoms with E-state index in [0.29, 0.717) is 18.4 Å². The highest BCUT2D eigenvalue weighted by molar-refractivity contribution is 6.32.